The maximum Gasteiger partial charge on any atom is 0.133 e. The number of benzene rings is 2. The summed E-state index contributed by atoms with van der Waals surface area (Å²) in [5.41, 5.74) is 1.20. The zero-order valence-electron chi connectivity index (χ0n) is 19.4. The highest BCUT2D eigenvalue weighted by Gasteiger charge is 2.13. The number of ether oxygens (including phenoxy) is 6. The van der Waals surface area contributed by atoms with E-state index < -0.39 is 21.6 Å². The molecule has 0 saturated heterocycles. The summed E-state index contributed by atoms with van der Waals surface area (Å²) in [5.74, 6) is 3.13. The molecule has 0 aromatic heterocycles. The number of hydrogen-bond acceptors (Lipinski definition) is 8. The van der Waals surface area contributed by atoms with Crippen LogP contribution >= 0.6 is 0 Å². The van der Waals surface area contributed by atoms with Crippen molar-refractivity contribution in [2.45, 2.75) is 0 Å². The number of methoxy groups -OCH3 is 6. The average molecular weight is 497 g/mol. The molecular formula is C23H28O8S2. The minimum absolute atomic E-state index is 0.0887. The smallest absolute Gasteiger partial charge is 0.133 e. The van der Waals surface area contributed by atoms with E-state index in [-0.39, 0.29) is 5.08 Å². The van der Waals surface area contributed by atoms with Crippen molar-refractivity contribution in [1.82, 2.24) is 0 Å². The van der Waals surface area contributed by atoms with Gasteiger partial charge in [-0.3, -0.25) is 8.42 Å². The van der Waals surface area contributed by atoms with E-state index in [0.717, 1.165) is 0 Å². The molecule has 33 heavy (non-hydrogen) atoms. The molecule has 2 atom stereocenters. The molecular weight excluding hydrogens is 468 g/mol. The Bertz CT molecular complexity index is 929. The fourth-order valence-corrected chi connectivity index (χ4v) is 4.99. The zero-order chi connectivity index (χ0) is 24.4. The van der Waals surface area contributed by atoms with Crippen LogP contribution in [0.15, 0.2) is 35.1 Å². The van der Waals surface area contributed by atoms with E-state index in [2.05, 4.69) is 0 Å². The summed E-state index contributed by atoms with van der Waals surface area (Å²) in [5, 5.41) is 2.81. The lowest BCUT2D eigenvalue weighted by molar-refractivity contribution is 0.374. The fraction of sp³-hybridized carbons (Fsp3) is 0.304. The lowest BCUT2D eigenvalue weighted by Crippen LogP contribution is -2.00. The van der Waals surface area contributed by atoms with Crippen molar-refractivity contribution >= 4 is 33.8 Å². The molecule has 0 bridgehead atoms. The van der Waals surface area contributed by atoms with Gasteiger partial charge in [0.1, 0.15) is 39.6 Å². The van der Waals surface area contributed by atoms with E-state index in [4.69, 9.17) is 28.4 Å². The monoisotopic (exact) mass is 496 g/mol. The van der Waals surface area contributed by atoms with Crippen LogP contribution in [0, 0.1) is 0 Å². The van der Waals surface area contributed by atoms with E-state index in [9.17, 15) is 8.42 Å². The predicted molar refractivity (Wildman–Crippen MR) is 131 cm³/mol. The number of hydrogen-bond donors (Lipinski definition) is 0. The van der Waals surface area contributed by atoms with Crippen LogP contribution in [0.3, 0.4) is 0 Å². The topological polar surface area (TPSA) is 89.5 Å². The van der Waals surface area contributed by atoms with Crippen LogP contribution in [-0.2, 0) is 21.6 Å². The van der Waals surface area contributed by atoms with Crippen LogP contribution in [0.25, 0.3) is 12.2 Å². The van der Waals surface area contributed by atoms with Gasteiger partial charge in [-0.15, -0.1) is 0 Å². The van der Waals surface area contributed by atoms with Gasteiger partial charge in [0.15, 0.2) is 0 Å². The third kappa shape index (κ3) is 7.00. The highest BCUT2D eigenvalue weighted by Crippen LogP contribution is 2.36. The van der Waals surface area contributed by atoms with Gasteiger partial charge in [-0.25, -0.2) is 0 Å². The highest BCUT2D eigenvalue weighted by atomic mass is 32.2. The molecule has 0 saturated carbocycles. The second-order valence-electron chi connectivity index (χ2n) is 6.38. The Morgan fingerprint density at radius 2 is 0.879 bits per heavy atom. The average Bonchev–Trinajstić information content (AvgIpc) is 2.84. The SMILES string of the molecule is COc1cc(OC)c(/C=C/S(=O)CS(=O)/C=C/c2c(OC)cc(OC)cc2OC)c(OC)c1. The van der Waals surface area contributed by atoms with Gasteiger partial charge >= 0.3 is 0 Å². The standard InChI is InChI=1S/C23H28O8S2/c1-26-16-11-20(28-3)18(21(12-16)29-4)7-9-32(24)15-33(25)10-8-19-22(30-5)13-17(27-2)14-23(19)31-6/h7-14H,15H2,1-6H3/b9-7+,10-8+. The van der Waals surface area contributed by atoms with Crippen LogP contribution in [-0.4, -0.2) is 56.2 Å². The quantitative estimate of drug-likeness (QED) is 0.438. The second-order valence-corrected chi connectivity index (χ2v) is 9.39. The van der Waals surface area contributed by atoms with Gasteiger partial charge in [0.25, 0.3) is 0 Å². The molecule has 0 N–H and O–H groups in total. The first-order chi connectivity index (χ1) is 15.9. The summed E-state index contributed by atoms with van der Waals surface area (Å²) >= 11 is 0. The van der Waals surface area contributed by atoms with Gasteiger partial charge in [0, 0.05) is 35.1 Å². The fourth-order valence-electron chi connectivity index (χ4n) is 2.87. The predicted octanol–water partition coefficient (Wildman–Crippen LogP) is 3.83. The molecule has 0 spiro atoms. The second kappa shape index (κ2) is 12.9. The number of rotatable bonds is 12. The van der Waals surface area contributed by atoms with Crippen molar-refractivity contribution in [3.8, 4) is 34.5 Å². The molecule has 0 fully saturated rings. The van der Waals surface area contributed by atoms with Gasteiger partial charge in [-0.2, -0.15) is 0 Å². The van der Waals surface area contributed by atoms with E-state index in [1.165, 1.54) is 39.3 Å². The molecule has 0 aliphatic rings. The first-order valence-electron chi connectivity index (χ1n) is 9.61. The van der Waals surface area contributed by atoms with Crippen LogP contribution in [0.1, 0.15) is 11.1 Å². The Kier molecular flexibility index (Phi) is 10.3. The third-order valence-corrected chi connectivity index (χ3v) is 7.25. The van der Waals surface area contributed by atoms with Gasteiger partial charge < -0.3 is 28.4 Å². The van der Waals surface area contributed by atoms with E-state index in [1.807, 2.05) is 0 Å². The van der Waals surface area contributed by atoms with Crippen LogP contribution < -0.4 is 28.4 Å². The first kappa shape index (κ1) is 26.3. The van der Waals surface area contributed by atoms with Gasteiger partial charge in [0.05, 0.1) is 75.4 Å². The van der Waals surface area contributed by atoms with Crippen molar-refractivity contribution < 1.29 is 36.8 Å². The van der Waals surface area contributed by atoms with Crippen molar-refractivity contribution in [2.24, 2.45) is 0 Å². The Morgan fingerprint density at radius 3 is 1.12 bits per heavy atom. The molecule has 10 heteroatoms. The van der Waals surface area contributed by atoms with E-state index >= 15 is 0 Å². The largest absolute Gasteiger partial charge is 0.496 e. The molecule has 2 unspecified atom stereocenters. The summed E-state index contributed by atoms with van der Waals surface area (Å²) in [6.07, 6.45) is 3.23. The maximum atomic E-state index is 12.5. The summed E-state index contributed by atoms with van der Waals surface area (Å²) in [7, 11) is 6.13. The van der Waals surface area contributed by atoms with Crippen molar-refractivity contribution in [1.29, 1.82) is 0 Å². The van der Waals surface area contributed by atoms with Gasteiger partial charge in [0.2, 0.25) is 0 Å². The molecule has 0 aliphatic carbocycles. The molecule has 2 aromatic rings. The minimum Gasteiger partial charge on any atom is -0.496 e. The summed E-state index contributed by atoms with van der Waals surface area (Å²) in [6, 6.07) is 6.78. The Balaban J connectivity index is 2.18. The lowest BCUT2D eigenvalue weighted by Gasteiger charge is -2.12. The van der Waals surface area contributed by atoms with Gasteiger partial charge in [-0.05, 0) is 12.2 Å². The lowest BCUT2D eigenvalue weighted by atomic mass is 10.1. The van der Waals surface area contributed by atoms with Crippen LogP contribution in [0.4, 0.5) is 0 Å². The normalized spacial score (nSPS) is 13.0. The molecule has 0 aliphatic heterocycles. The Labute approximate surface area is 199 Å². The van der Waals surface area contributed by atoms with Crippen molar-refractivity contribution in [3.05, 3.63) is 46.2 Å². The van der Waals surface area contributed by atoms with E-state index in [0.29, 0.717) is 45.6 Å². The summed E-state index contributed by atoms with van der Waals surface area (Å²) in [4.78, 5) is 0. The summed E-state index contributed by atoms with van der Waals surface area (Å²) < 4.78 is 57.0. The Morgan fingerprint density at radius 1 is 0.576 bits per heavy atom. The van der Waals surface area contributed by atoms with E-state index in [1.54, 1.807) is 50.6 Å². The molecule has 8 nitrogen and oxygen atoms in total. The van der Waals surface area contributed by atoms with Crippen LogP contribution in [0.2, 0.25) is 0 Å². The van der Waals surface area contributed by atoms with Crippen molar-refractivity contribution in [2.75, 3.05) is 47.7 Å². The third-order valence-electron chi connectivity index (χ3n) is 4.51. The van der Waals surface area contributed by atoms with Gasteiger partial charge in [-0.1, -0.05) is 0 Å². The first-order valence-corrected chi connectivity index (χ1v) is 12.4. The Hall–Kier alpha value is -2.98. The van der Waals surface area contributed by atoms with Crippen molar-refractivity contribution in [3.63, 3.8) is 0 Å². The zero-order valence-corrected chi connectivity index (χ0v) is 21.0. The molecule has 0 heterocycles. The van der Waals surface area contributed by atoms with Crippen LogP contribution in [0.5, 0.6) is 34.5 Å². The summed E-state index contributed by atoms with van der Waals surface area (Å²) in [6.45, 7) is 0. The minimum atomic E-state index is -1.51. The molecule has 0 amide bonds. The maximum absolute atomic E-state index is 12.5. The molecule has 2 aromatic carbocycles. The molecule has 0 radical (unpaired) electrons. The molecule has 180 valence electrons. The highest BCUT2D eigenvalue weighted by molar-refractivity contribution is 8.04. The molecule has 2 rings (SSSR count).